The van der Waals surface area contributed by atoms with Crippen molar-refractivity contribution < 1.29 is 19.5 Å². The predicted octanol–water partition coefficient (Wildman–Crippen LogP) is 3.52. The van der Waals surface area contributed by atoms with Gasteiger partial charge in [-0.25, -0.2) is 0 Å². The van der Waals surface area contributed by atoms with Crippen molar-refractivity contribution in [3.05, 3.63) is 94.5 Å². The SMILES string of the molecule is O=C1Cc2ccc(-c3ccc(Cl)cc3)cc2C(=O)N2CCN(C(=O)[C@@H](O)c3ccccc3)C[C@H]12. The number of Topliss-reactive ketones (excluding diaryl/α,β-unsaturated/α-hetero) is 1. The highest BCUT2D eigenvalue weighted by molar-refractivity contribution is 6.30. The lowest BCUT2D eigenvalue weighted by Gasteiger charge is -2.40. The highest BCUT2D eigenvalue weighted by Crippen LogP contribution is 2.29. The molecule has 34 heavy (non-hydrogen) atoms. The first-order valence-corrected chi connectivity index (χ1v) is 11.5. The Labute approximate surface area is 202 Å². The maximum Gasteiger partial charge on any atom is 0.256 e. The zero-order valence-corrected chi connectivity index (χ0v) is 19.1. The number of nitrogens with zero attached hydrogens (tertiary/aromatic N) is 2. The minimum absolute atomic E-state index is 0.0747. The average molecular weight is 475 g/mol. The second kappa shape index (κ2) is 9.05. The van der Waals surface area contributed by atoms with Gasteiger partial charge < -0.3 is 14.9 Å². The van der Waals surface area contributed by atoms with Crippen LogP contribution in [-0.4, -0.2) is 58.2 Å². The van der Waals surface area contributed by atoms with Crippen LogP contribution < -0.4 is 0 Å². The number of piperazine rings is 1. The van der Waals surface area contributed by atoms with Crippen molar-refractivity contribution in [3.8, 4) is 11.1 Å². The van der Waals surface area contributed by atoms with Crippen LogP contribution in [0, 0.1) is 0 Å². The van der Waals surface area contributed by atoms with Crippen molar-refractivity contribution in [3.63, 3.8) is 0 Å². The Hall–Kier alpha value is -3.48. The second-order valence-electron chi connectivity index (χ2n) is 8.63. The Morgan fingerprint density at radius 3 is 2.38 bits per heavy atom. The lowest BCUT2D eigenvalue weighted by molar-refractivity contribution is -0.144. The second-order valence-corrected chi connectivity index (χ2v) is 9.07. The number of hydrogen-bond donors (Lipinski definition) is 1. The summed E-state index contributed by atoms with van der Waals surface area (Å²) < 4.78 is 0. The largest absolute Gasteiger partial charge is 0.378 e. The molecule has 5 rings (SSSR count). The molecule has 0 aliphatic carbocycles. The number of aliphatic hydroxyl groups excluding tert-OH is 1. The Balaban J connectivity index is 1.39. The third-order valence-corrected chi connectivity index (χ3v) is 6.81. The van der Waals surface area contributed by atoms with Gasteiger partial charge in [-0.05, 0) is 40.5 Å². The molecule has 2 amide bonds. The number of fused-ring (bicyclic) bond motifs is 2. The summed E-state index contributed by atoms with van der Waals surface area (Å²) in [6, 6.07) is 20.9. The molecule has 172 valence electrons. The van der Waals surface area contributed by atoms with Gasteiger partial charge in [0, 0.05) is 36.6 Å². The molecule has 0 saturated carbocycles. The summed E-state index contributed by atoms with van der Waals surface area (Å²) in [5.41, 5.74) is 3.49. The first-order valence-electron chi connectivity index (χ1n) is 11.2. The Kier molecular flexibility index (Phi) is 5.94. The molecule has 1 fully saturated rings. The van der Waals surface area contributed by atoms with Crippen LogP contribution in [0.3, 0.4) is 0 Å². The van der Waals surface area contributed by atoms with Gasteiger partial charge in [-0.3, -0.25) is 14.4 Å². The summed E-state index contributed by atoms with van der Waals surface area (Å²) in [4.78, 5) is 42.6. The summed E-state index contributed by atoms with van der Waals surface area (Å²) in [6.07, 6.45) is -1.18. The van der Waals surface area contributed by atoms with Crippen LogP contribution in [0.2, 0.25) is 5.02 Å². The first kappa shape index (κ1) is 22.3. The summed E-state index contributed by atoms with van der Waals surface area (Å²) in [7, 11) is 0. The van der Waals surface area contributed by atoms with Crippen molar-refractivity contribution in [2.45, 2.75) is 18.6 Å². The van der Waals surface area contributed by atoms with Gasteiger partial charge in [0.05, 0.1) is 0 Å². The number of rotatable bonds is 3. The van der Waals surface area contributed by atoms with E-state index < -0.39 is 18.1 Å². The van der Waals surface area contributed by atoms with E-state index in [0.717, 1.165) is 11.1 Å². The Morgan fingerprint density at radius 2 is 1.65 bits per heavy atom. The zero-order valence-electron chi connectivity index (χ0n) is 18.4. The van der Waals surface area contributed by atoms with Crippen LogP contribution in [-0.2, 0) is 16.0 Å². The maximum atomic E-state index is 13.5. The predicted molar refractivity (Wildman–Crippen MR) is 128 cm³/mol. The molecule has 2 aliphatic rings. The molecule has 6 nitrogen and oxygen atoms in total. The van der Waals surface area contributed by atoms with Gasteiger partial charge >= 0.3 is 0 Å². The van der Waals surface area contributed by atoms with Gasteiger partial charge in [0.15, 0.2) is 11.9 Å². The van der Waals surface area contributed by atoms with Crippen LogP contribution in [0.5, 0.6) is 0 Å². The number of amides is 2. The van der Waals surface area contributed by atoms with Gasteiger partial charge in [0.25, 0.3) is 11.8 Å². The van der Waals surface area contributed by atoms with Gasteiger partial charge in [0.1, 0.15) is 6.04 Å². The van der Waals surface area contributed by atoms with Gasteiger partial charge in [-0.2, -0.15) is 0 Å². The molecule has 3 aromatic rings. The molecule has 2 atom stereocenters. The molecular weight excluding hydrogens is 452 g/mol. The fourth-order valence-electron chi connectivity index (χ4n) is 4.66. The topological polar surface area (TPSA) is 77.9 Å². The Bertz CT molecular complexity index is 1260. The van der Waals surface area contributed by atoms with E-state index in [1.54, 1.807) is 41.3 Å². The number of benzene rings is 3. The lowest BCUT2D eigenvalue weighted by atomic mass is 9.96. The van der Waals surface area contributed by atoms with E-state index in [2.05, 4.69) is 0 Å². The fourth-order valence-corrected chi connectivity index (χ4v) is 4.79. The lowest BCUT2D eigenvalue weighted by Crippen LogP contribution is -2.59. The number of carbonyl (C=O) groups is 3. The summed E-state index contributed by atoms with van der Waals surface area (Å²) in [5, 5.41) is 11.2. The van der Waals surface area contributed by atoms with E-state index in [1.165, 1.54) is 4.90 Å². The monoisotopic (exact) mass is 474 g/mol. The molecule has 0 radical (unpaired) electrons. The minimum Gasteiger partial charge on any atom is -0.378 e. The van der Waals surface area contributed by atoms with E-state index in [9.17, 15) is 19.5 Å². The quantitative estimate of drug-likeness (QED) is 0.630. The highest BCUT2D eigenvalue weighted by Gasteiger charge is 2.41. The summed E-state index contributed by atoms with van der Waals surface area (Å²) >= 11 is 6.00. The molecule has 2 aliphatic heterocycles. The molecule has 0 aromatic heterocycles. The summed E-state index contributed by atoms with van der Waals surface area (Å²) in [6.45, 7) is 0.558. The number of hydrogen-bond acceptors (Lipinski definition) is 4. The van der Waals surface area contributed by atoms with E-state index in [-0.39, 0.29) is 37.7 Å². The van der Waals surface area contributed by atoms with Crippen molar-refractivity contribution in [2.24, 2.45) is 0 Å². The van der Waals surface area contributed by atoms with E-state index in [4.69, 9.17) is 11.6 Å². The molecule has 1 N–H and O–H groups in total. The van der Waals surface area contributed by atoms with Crippen LogP contribution in [0.4, 0.5) is 0 Å². The van der Waals surface area contributed by atoms with Gasteiger partial charge in [-0.15, -0.1) is 0 Å². The molecular formula is C27H23ClN2O4. The van der Waals surface area contributed by atoms with Crippen molar-refractivity contribution in [2.75, 3.05) is 19.6 Å². The molecule has 3 aromatic carbocycles. The Morgan fingerprint density at radius 1 is 0.941 bits per heavy atom. The minimum atomic E-state index is -1.30. The fraction of sp³-hybridized carbons (Fsp3) is 0.222. The number of ketones is 1. The number of halogens is 1. The first-order chi connectivity index (χ1) is 16.4. The van der Waals surface area contributed by atoms with E-state index >= 15 is 0 Å². The molecule has 0 unspecified atom stereocenters. The van der Waals surface area contributed by atoms with Crippen molar-refractivity contribution in [1.82, 2.24) is 9.80 Å². The van der Waals surface area contributed by atoms with Crippen molar-refractivity contribution in [1.29, 1.82) is 0 Å². The van der Waals surface area contributed by atoms with Gasteiger partial charge in [-0.1, -0.05) is 66.2 Å². The maximum absolute atomic E-state index is 13.5. The number of carbonyl (C=O) groups excluding carboxylic acids is 3. The van der Waals surface area contributed by atoms with E-state index in [0.29, 0.717) is 21.7 Å². The molecule has 1 saturated heterocycles. The van der Waals surface area contributed by atoms with Crippen LogP contribution in [0.15, 0.2) is 72.8 Å². The van der Waals surface area contributed by atoms with Crippen molar-refractivity contribution >= 4 is 29.2 Å². The average Bonchev–Trinajstić information content (AvgIpc) is 2.98. The molecule has 0 bridgehead atoms. The normalized spacial score (nSPS) is 18.7. The molecule has 2 heterocycles. The third kappa shape index (κ3) is 4.11. The number of aliphatic hydroxyl groups is 1. The summed E-state index contributed by atoms with van der Waals surface area (Å²) in [5.74, 6) is -0.784. The third-order valence-electron chi connectivity index (χ3n) is 6.56. The van der Waals surface area contributed by atoms with Crippen LogP contribution in [0.1, 0.15) is 27.6 Å². The standard InChI is InChI=1S/C27H23ClN2O4/c28-21-10-8-17(9-11-21)19-6-7-20-15-24(31)23-16-29(12-13-30(23)26(33)22(20)14-19)27(34)25(32)18-4-2-1-3-5-18/h1-11,14,23,25,32H,12-13,15-16H2/t23-,25+/m1/s1. The highest BCUT2D eigenvalue weighted by atomic mass is 35.5. The molecule has 0 spiro atoms. The van der Waals surface area contributed by atoms with Crippen LogP contribution >= 0.6 is 11.6 Å². The zero-order chi connectivity index (χ0) is 23.8. The van der Waals surface area contributed by atoms with E-state index in [1.807, 2.05) is 36.4 Å². The molecule has 7 heteroatoms. The smallest absolute Gasteiger partial charge is 0.256 e. The van der Waals surface area contributed by atoms with Gasteiger partial charge in [0.2, 0.25) is 0 Å². The van der Waals surface area contributed by atoms with Crippen LogP contribution in [0.25, 0.3) is 11.1 Å².